The first-order valence-electron chi connectivity index (χ1n) is 6.82. The first kappa shape index (κ1) is 16.4. The molecular formula is C13H25NO4S. The van der Waals surface area contributed by atoms with Gasteiger partial charge in [-0.2, -0.15) is 0 Å². The average molecular weight is 291 g/mol. The minimum absolute atomic E-state index is 0.195. The highest BCUT2D eigenvalue weighted by molar-refractivity contribution is 7.89. The Morgan fingerprint density at radius 3 is 2.42 bits per heavy atom. The minimum atomic E-state index is -3.42. The van der Waals surface area contributed by atoms with E-state index in [4.69, 9.17) is 5.11 Å². The molecule has 1 N–H and O–H groups in total. The van der Waals surface area contributed by atoms with Crippen molar-refractivity contribution in [2.45, 2.75) is 46.5 Å². The molecular weight excluding hydrogens is 266 g/mol. The van der Waals surface area contributed by atoms with Crippen LogP contribution in [0.1, 0.15) is 46.5 Å². The number of sulfonamides is 1. The van der Waals surface area contributed by atoms with Crippen molar-refractivity contribution in [2.75, 3.05) is 18.8 Å². The number of carboxylic acids is 1. The molecule has 1 aliphatic rings. The number of nitrogens with zero attached hydrogens (tertiary/aromatic N) is 1. The summed E-state index contributed by atoms with van der Waals surface area (Å²) >= 11 is 0. The van der Waals surface area contributed by atoms with Crippen LogP contribution < -0.4 is 0 Å². The first-order chi connectivity index (χ1) is 8.63. The monoisotopic (exact) mass is 291 g/mol. The van der Waals surface area contributed by atoms with Gasteiger partial charge in [0.25, 0.3) is 0 Å². The van der Waals surface area contributed by atoms with Crippen molar-refractivity contribution in [3.63, 3.8) is 0 Å². The number of carboxylic acid groups (broad SMARTS) is 1. The van der Waals surface area contributed by atoms with Crippen LogP contribution in [-0.4, -0.2) is 42.6 Å². The van der Waals surface area contributed by atoms with E-state index in [1.165, 1.54) is 4.31 Å². The van der Waals surface area contributed by atoms with Crippen LogP contribution in [0.15, 0.2) is 0 Å². The van der Waals surface area contributed by atoms with Gasteiger partial charge in [0, 0.05) is 13.1 Å². The maximum Gasteiger partial charge on any atom is 0.304 e. The molecule has 19 heavy (non-hydrogen) atoms. The van der Waals surface area contributed by atoms with Gasteiger partial charge < -0.3 is 5.11 Å². The lowest BCUT2D eigenvalue weighted by Gasteiger charge is -2.29. The molecule has 0 aromatic carbocycles. The van der Waals surface area contributed by atoms with E-state index in [1.54, 1.807) is 0 Å². The van der Waals surface area contributed by atoms with Crippen molar-refractivity contribution in [3.05, 3.63) is 0 Å². The highest BCUT2D eigenvalue weighted by Gasteiger charge is 2.31. The van der Waals surface area contributed by atoms with Gasteiger partial charge in [0.15, 0.2) is 0 Å². The summed E-state index contributed by atoms with van der Waals surface area (Å²) in [6, 6.07) is 0. The predicted molar refractivity (Wildman–Crippen MR) is 74.4 cm³/mol. The summed E-state index contributed by atoms with van der Waals surface area (Å²) in [5, 5.41) is 8.60. The van der Waals surface area contributed by atoms with Crippen molar-refractivity contribution in [2.24, 2.45) is 11.3 Å². The lowest BCUT2D eigenvalue weighted by molar-refractivity contribution is -0.136. The van der Waals surface area contributed by atoms with Crippen LogP contribution in [0.3, 0.4) is 0 Å². The van der Waals surface area contributed by atoms with Gasteiger partial charge in [-0.1, -0.05) is 20.8 Å². The molecule has 0 spiro atoms. The van der Waals surface area contributed by atoms with E-state index in [9.17, 15) is 13.2 Å². The zero-order chi connectivity index (χ0) is 14.7. The number of hydrogen-bond donors (Lipinski definition) is 1. The molecule has 5 nitrogen and oxygen atoms in total. The van der Waals surface area contributed by atoms with E-state index in [0.717, 1.165) is 19.3 Å². The Kier molecular flexibility index (Phi) is 5.38. The van der Waals surface area contributed by atoms with Gasteiger partial charge in [-0.05, 0) is 30.6 Å². The molecule has 0 amide bonds. The van der Waals surface area contributed by atoms with E-state index in [0.29, 0.717) is 19.0 Å². The van der Waals surface area contributed by atoms with Gasteiger partial charge in [-0.3, -0.25) is 4.79 Å². The highest BCUT2D eigenvalue weighted by atomic mass is 32.2. The molecule has 0 bridgehead atoms. The van der Waals surface area contributed by atoms with E-state index in [-0.39, 0.29) is 17.6 Å². The molecule has 0 aromatic heterocycles. The maximum atomic E-state index is 12.1. The summed E-state index contributed by atoms with van der Waals surface area (Å²) in [5.41, 5.74) is 0.195. The number of aliphatic carboxylic acids is 1. The topological polar surface area (TPSA) is 74.7 Å². The van der Waals surface area contributed by atoms with E-state index in [1.807, 2.05) is 0 Å². The molecule has 1 atom stereocenters. The molecule has 0 saturated carbocycles. The summed E-state index contributed by atoms with van der Waals surface area (Å²) in [6.07, 6.45) is 2.43. The molecule has 0 aromatic rings. The van der Waals surface area contributed by atoms with Crippen molar-refractivity contribution in [3.8, 4) is 0 Å². The average Bonchev–Trinajstić information content (AvgIpc) is 2.51. The fraction of sp³-hybridized carbons (Fsp3) is 0.923. The van der Waals surface area contributed by atoms with Crippen LogP contribution in [0.4, 0.5) is 0 Å². The third-order valence-electron chi connectivity index (χ3n) is 3.88. The molecule has 6 heteroatoms. The Balaban J connectivity index is 2.64. The quantitative estimate of drug-likeness (QED) is 0.859. The van der Waals surface area contributed by atoms with Crippen LogP contribution in [0.2, 0.25) is 0 Å². The van der Waals surface area contributed by atoms with Crippen LogP contribution in [-0.2, 0) is 14.8 Å². The molecule has 1 rings (SSSR count). The maximum absolute atomic E-state index is 12.1. The fourth-order valence-corrected chi connectivity index (χ4v) is 4.04. The molecule has 112 valence electrons. The molecule has 0 aliphatic carbocycles. The normalized spacial score (nSPS) is 23.0. The molecule has 1 aliphatic heterocycles. The van der Waals surface area contributed by atoms with Crippen molar-refractivity contribution in [1.29, 1.82) is 0 Å². The lowest BCUT2D eigenvalue weighted by Crippen LogP contribution is -2.35. The van der Waals surface area contributed by atoms with Crippen molar-refractivity contribution < 1.29 is 18.3 Å². The first-order valence-corrected chi connectivity index (χ1v) is 8.43. The summed E-state index contributed by atoms with van der Waals surface area (Å²) in [7, 11) is -3.42. The van der Waals surface area contributed by atoms with Crippen molar-refractivity contribution in [1.82, 2.24) is 4.31 Å². The van der Waals surface area contributed by atoms with Gasteiger partial charge in [0.2, 0.25) is 10.0 Å². The van der Waals surface area contributed by atoms with Gasteiger partial charge in [-0.15, -0.1) is 0 Å². The van der Waals surface area contributed by atoms with Crippen LogP contribution in [0.5, 0.6) is 0 Å². The zero-order valence-corrected chi connectivity index (χ0v) is 12.9. The predicted octanol–water partition coefficient (Wildman–Crippen LogP) is 1.94. The third-order valence-corrected chi connectivity index (χ3v) is 5.75. The SMILES string of the molecule is CC(C)(C)C1CCCN(S(=O)(=O)CCC(=O)O)CC1. The second-order valence-electron chi connectivity index (χ2n) is 6.35. The van der Waals surface area contributed by atoms with Gasteiger partial charge in [0.05, 0.1) is 12.2 Å². The van der Waals surface area contributed by atoms with Gasteiger partial charge in [0.1, 0.15) is 0 Å². The smallest absolute Gasteiger partial charge is 0.304 e. The lowest BCUT2D eigenvalue weighted by atomic mass is 9.77. The Bertz CT molecular complexity index is 411. The second-order valence-corrected chi connectivity index (χ2v) is 8.44. The zero-order valence-electron chi connectivity index (χ0n) is 12.1. The third kappa shape index (κ3) is 5.10. The van der Waals surface area contributed by atoms with Gasteiger partial charge in [-0.25, -0.2) is 12.7 Å². The Labute approximate surface area is 116 Å². The number of rotatable bonds is 4. The summed E-state index contributed by atoms with van der Waals surface area (Å²) in [4.78, 5) is 10.5. The van der Waals surface area contributed by atoms with Crippen LogP contribution in [0.25, 0.3) is 0 Å². The largest absolute Gasteiger partial charge is 0.481 e. The molecule has 0 radical (unpaired) electrons. The molecule has 1 saturated heterocycles. The Morgan fingerprint density at radius 1 is 1.26 bits per heavy atom. The number of hydrogen-bond acceptors (Lipinski definition) is 3. The van der Waals surface area contributed by atoms with Crippen LogP contribution >= 0.6 is 0 Å². The second kappa shape index (κ2) is 6.22. The molecule has 1 unspecified atom stereocenters. The minimum Gasteiger partial charge on any atom is -0.481 e. The van der Waals surface area contributed by atoms with E-state index >= 15 is 0 Å². The standard InChI is InChI=1S/C13H25NO4S/c1-13(2,3)11-5-4-8-14(9-6-11)19(17,18)10-7-12(15)16/h11H,4-10H2,1-3H3,(H,15,16). The summed E-state index contributed by atoms with van der Waals surface area (Å²) in [6.45, 7) is 7.60. The highest BCUT2D eigenvalue weighted by Crippen LogP contribution is 2.34. The summed E-state index contributed by atoms with van der Waals surface area (Å²) in [5.74, 6) is -0.833. The van der Waals surface area contributed by atoms with Gasteiger partial charge >= 0.3 is 5.97 Å². The molecule has 1 fully saturated rings. The number of carbonyl (C=O) groups is 1. The molecule has 1 heterocycles. The van der Waals surface area contributed by atoms with E-state index < -0.39 is 16.0 Å². The Morgan fingerprint density at radius 2 is 1.89 bits per heavy atom. The fourth-order valence-electron chi connectivity index (χ4n) is 2.56. The van der Waals surface area contributed by atoms with Crippen molar-refractivity contribution >= 4 is 16.0 Å². The Hall–Kier alpha value is -0.620. The van der Waals surface area contributed by atoms with E-state index in [2.05, 4.69) is 20.8 Å². The van der Waals surface area contributed by atoms with Crippen LogP contribution in [0, 0.1) is 11.3 Å². The summed E-state index contributed by atoms with van der Waals surface area (Å²) < 4.78 is 25.6.